The number of furan rings is 1. The van der Waals surface area contributed by atoms with Crippen molar-refractivity contribution >= 4 is 32.8 Å². The van der Waals surface area contributed by atoms with Crippen LogP contribution in [0.15, 0.2) is 39.2 Å². The second kappa shape index (κ2) is 6.58. The predicted octanol–water partition coefficient (Wildman–Crippen LogP) is 3.83. The van der Waals surface area contributed by atoms with Crippen molar-refractivity contribution in [3.8, 4) is 0 Å². The fraction of sp³-hybridized carbons (Fsp3) is 0.294. The molecule has 0 aliphatic heterocycles. The van der Waals surface area contributed by atoms with Gasteiger partial charge in [0.25, 0.3) is 5.91 Å². The quantitative estimate of drug-likeness (QED) is 0.689. The highest BCUT2D eigenvalue weighted by Crippen LogP contribution is 2.23. The summed E-state index contributed by atoms with van der Waals surface area (Å²) >= 11 is 3.41. The third-order valence-electron chi connectivity index (χ3n) is 3.64. The van der Waals surface area contributed by atoms with E-state index in [9.17, 15) is 4.79 Å². The first-order valence-corrected chi connectivity index (χ1v) is 8.30. The van der Waals surface area contributed by atoms with Crippen LogP contribution in [0.1, 0.15) is 28.4 Å². The van der Waals surface area contributed by atoms with Crippen LogP contribution in [0.5, 0.6) is 0 Å². The minimum Gasteiger partial charge on any atom is -0.451 e. The first-order valence-electron chi connectivity index (χ1n) is 7.51. The molecule has 3 aromatic rings. The molecule has 2 heterocycles. The van der Waals surface area contributed by atoms with Crippen LogP contribution in [-0.4, -0.2) is 22.2 Å². The number of carbonyl (C=O) groups excluding carboxylic acids is 1. The average Bonchev–Trinajstić information content (AvgIpc) is 3.06. The molecule has 0 unspecified atom stereocenters. The largest absolute Gasteiger partial charge is 0.451 e. The zero-order valence-corrected chi connectivity index (χ0v) is 14.7. The lowest BCUT2D eigenvalue weighted by molar-refractivity contribution is 0.0927. The maximum Gasteiger partial charge on any atom is 0.287 e. The van der Waals surface area contributed by atoms with Gasteiger partial charge >= 0.3 is 0 Å². The van der Waals surface area contributed by atoms with Gasteiger partial charge in [-0.25, -0.2) is 0 Å². The molecule has 120 valence electrons. The number of carbonyl (C=O) groups is 1. The smallest absolute Gasteiger partial charge is 0.287 e. The van der Waals surface area contributed by atoms with Crippen LogP contribution in [0.3, 0.4) is 0 Å². The van der Waals surface area contributed by atoms with Gasteiger partial charge in [-0.15, -0.1) is 0 Å². The van der Waals surface area contributed by atoms with Gasteiger partial charge in [-0.1, -0.05) is 15.9 Å². The molecule has 0 fully saturated rings. The molecule has 1 amide bonds. The summed E-state index contributed by atoms with van der Waals surface area (Å²) in [5, 5.41) is 8.20. The lowest BCUT2D eigenvalue weighted by atomic mass is 10.2. The normalized spacial score (nSPS) is 11.1. The monoisotopic (exact) mass is 375 g/mol. The molecule has 6 heteroatoms. The Bertz CT molecular complexity index is 851. The molecule has 0 atom stereocenters. The number of aromatic nitrogens is 2. The molecule has 0 aliphatic carbocycles. The summed E-state index contributed by atoms with van der Waals surface area (Å²) in [6.07, 6.45) is 0.819. The van der Waals surface area contributed by atoms with Crippen molar-refractivity contribution in [3.63, 3.8) is 0 Å². The van der Waals surface area contributed by atoms with E-state index in [0.29, 0.717) is 17.9 Å². The van der Waals surface area contributed by atoms with E-state index in [0.717, 1.165) is 34.2 Å². The van der Waals surface area contributed by atoms with E-state index in [4.69, 9.17) is 4.42 Å². The number of fused-ring (bicyclic) bond motifs is 1. The van der Waals surface area contributed by atoms with Gasteiger partial charge < -0.3 is 9.73 Å². The molecule has 1 aromatic carbocycles. The predicted molar refractivity (Wildman–Crippen MR) is 92.6 cm³/mol. The minimum absolute atomic E-state index is 0.189. The molecule has 0 spiro atoms. The number of nitrogens with zero attached hydrogens (tertiary/aromatic N) is 2. The van der Waals surface area contributed by atoms with Crippen molar-refractivity contribution < 1.29 is 9.21 Å². The second-order valence-corrected chi connectivity index (χ2v) is 6.47. The minimum atomic E-state index is -0.189. The summed E-state index contributed by atoms with van der Waals surface area (Å²) in [5.74, 6) is 0.148. The number of hydrogen-bond donors (Lipinski definition) is 1. The van der Waals surface area contributed by atoms with Gasteiger partial charge in [-0.05, 0) is 50.6 Å². The maximum absolute atomic E-state index is 12.1. The fourth-order valence-corrected chi connectivity index (χ4v) is 2.92. The van der Waals surface area contributed by atoms with Gasteiger partial charge in [-0.2, -0.15) is 5.10 Å². The molecule has 1 N–H and O–H groups in total. The highest BCUT2D eigenvalue weighted by Gasteiger charge is 2.12. The van der Waals surface area contributed by atoms with Gasteiger partial charge in [0.15, 0.2) is 5.76 Å². The van der Waals surface area contributed by atoms with E-state index in [2.05, 4.69) is 26.3 Å². The Kier molecular flexibility index (Phi) is 4.52. The molecule has 0 aliphatic rings. The Morgan fingerprint density at radius 1 is 1.30 bits per heavy atom. The van der Waals surface area contributed by atoms with Crippen LogP contribution in [0, 0.1) is 13.8 Å². The van der Waals surface area contributed by atoms with Crippen molar-refractivity contribution in [3.05, 3.63) is 52.0 Å². The van der Waals surface area contributed by atoms with Gasteiger partial charge in [0, 0.05) is 28.6 Å². The van der Waals surface area contributed by atoms with Gasteiger partial charge in [0.05, 0.1) is 5.69 Å². The molecule has 3 rings (SSSR count). The Balaban J connectivity index is 1.55. The molecule has 2 aromatic heterocycles. The Morgan fingerprint density at radius 3 is 2.87 bits per heavy atom. The average molecular weight is 376 g/mol. The van der Waals surface area contributed by atoms with E-state index in [1.54, 1.807) is 6.07 Å². The lowest BCUT2D eigenvalue weighted by Gasteiger charge is -2.05. The van der Waals surface area contributed by atoms with E-state index in [-0.39, 0.29) is 5.91 Å². The van der Waals surface area contributed by atoms with Gasteiger partial charge in [0.1, 0.15) is 5.58 Å². The molecule has 23 heavy (non-hydrogen) atoms. The lowest BCUT2D eigenvalue weighted by Crippen LogP contribution is -2.25. The van der Waals surface area contributed by atoms with Crippen LogP contribution in [0.4, 0.5) is 0 Å². The standard InChI is InChI=1S/C17H18BrN3O2/c1-11-8-12(2)21(20-11)7-3-6-19-17(22)16-10-13-9-14(18)4-5-15(13)23-16/h4-5,8-10H,3,6-7H2,1-2H3,(H,19,22). The van der Waals surface area contributed by atoms with Crippen LogP contribution in [-0.2, 0) is 6.54 Å². The van der Waals surface area contributed by atoms with Crippen molar-refractivity contribution in [2.75, 3.05) is 6.54 Å². The highest BCUT2D eigenvalue weighted by molar-refractivity contribution is 9.10. The van der Waals surface area contributed by atoms with E-state index in [1.165, 1.54) is 0 Å². The summed E-state index contributed by atoms with van der Waals surface area (Å²) in [4.78, 5) is 12.1. The van der Waals surface area contributed by atoms with E-state index >= 15 is 0 Å². The SMILES string of the molecule is Cc1cc(C)n(CCCNC(=O)c2cc3cc(Br)ccc3o2)n1. The first-order chi connectivity index (χ1) is 11.0. The first kappa shape index (κ1) is 15.8. The number of hydrogen-bond acceptors (Lipinski definition) is 3. The van der Waals surface area contributed by atoms with Crippen molar-refractivity contribution in [2.45, 2.75) is 26.8 Å². The Labute approximate surface area is 142 Å². The molecule has 0 saturated heterocycles. The number of rotatable bonds is 5. The number of amides is 1. The molecule has 0 bridgehead atoms. The number of aryl methyl sites for hydroxylation is 3. The summed E-state index contributed by atoms with van der Waals surface area (Å²) in [6, 6.07) is 9.47. The summed E-state index contributed by atoms with van der Waals surface area (Å²) in [6.45, 7) is 5.38. The zero-order chi connectivity index (χ0) is 16.4. The molecule has 0 radical (unpaired) electrons. The van der Waals surface area contributed by atoms with Crippen molar-refractivity contribution in [1.82, 2.24) is 15.1 Å². The molecule has 5 nitrogen and oxygen atoms in total. The molecular weight excluding hydrogens is 358 g/mol. The summed E-state index contributed by atoms with van der Waals surface area (Å²) < 4.78 is 8.49. The Hall–Kier alpha value is -2.08. The fourth-order valence-electron chi connectivity index (χ4n) is 2.55. The number of benzene rings is 1. The highest BCUT2D eigenvalue weighted by atomic mass is 79.9. The van der Waals surface area contributed by atoms with Gasteiger partial charge in [-0.3, -0.25) is 9.48 Å². The van der Waals surface area contributed by atoms with Crippen LogP contribution in [0.2, 0.25) is 0 Å². The topological polar surface area (TPSA) is 60.1 Å². The summed E-state index contributed by atoms with van der Waals surface area (Å²) in [7, 11) is 0. The van der Waals surface area contributed by atoms with Crippen LogP contribution < -0.4 is 5.32 Å². The molecular formula is C17H18BrN3O2. The van der Waals surface area contributed by atoms with Gasteiger partial charge in [0.2, 0.25) is 0 Å². The van der Waals surface area contributed by atoms with Crippen LogP contribution >= 0.6 is 15.9 Å². The number of halogens is 1. The molecule has 0 saturated carbocycles. The third kappa shape index (κ3) is 3.64. The zero-order valence-electron chi connectivity index (χ0n) is 13.1. The number of nitrogens with one attached hydrogen (secondary N) is 1. The maximum atomic E-state index is 12.1. The third-order valence-corrected chi connectivity index (χ3v) is 4.13. The van der Waals surface area contributed by atoms with Crippen LogP contribution in [0.25, 0.3) is 11.0 Å². The van der Waals surface area contributed by atoms with E-state index < -0.39 is 0 Å². The Morgan fingerprint density at radius 2 is 2.13 bits per heavy atom. The summed E-state index contributed by atoms with van der Waals surface area (Å²) in [5.41, 5.74) is 2.86. The van der Waals surface area contributed by atoms with Crippen molar-refractivity contribution in [1.29, 1.82) is 0 Å². The second-order valence-electron chi connectivity index (χ2n) is 5.55. The van der Waals surface area contributed by atoms with Crippen molar-refractivity contribution in [2.24, 2.45) is 0 Å². The van der Waals surface area contributed by atoms with E-state index in [1.807, 2.05) is 42.8 Å².